The van der Waals surface area contributed by atoms with Crippen LogP contribution in [-0.2, 0) is 19.6 Å². The van der Waals surface area contributed by atoms with Gasteiger partial charge in [-0.05, 0) is 37.7 Å². The molecule has 0 saturated carbocycles. The number of aliphatic hydroxyl groups excluding tert-OH is 2. The number of hydrogen-bond acceptors (Lipinski definition) is 4. The highest BCUT2D eigenvalue weighted by Crippen LogP contribution is 2.26. The molecule has 0 aromatic heterocycles. The summed E-state index contributed by atoms with van der Waals surface area (Å²) < 4.78 is 5.18. The Labute approximate surface area is 95.9 Å². The van der Waals surface area contributed by atoms with Crippen LogP contribution < -0.4 is 10.1 Å². The van der Waals surface area contributed by atoms with Crippen molar-refractivity contribution in [3.05, 3.63) is 28.8 Å². The molecule has 16 heavy (non-hydrogen) atoms. The monoisotopic (exact) mass is 225 g/mol. The van der Waals surface area contributed by atoms with Gasteiger partial charge >= 0.3 is 0 Å². The molecule has 4 nitrogen and oxygen atoms in total. The lowest BCUT2D eigenvalue weighted by molar-refractivity contribution is 0.260. The van der Waals surface area contributed by atoms with Crippen molar-refractivity contribution in [2.24, 2.45) is 0 Å². The van der Waals surface area contributed by atoms with Crippen molar-refractivity contribution in [2.45, 2.75) is 19.6 Å². The molecular formula is C12H19NO3. The predicted octanol–water partition coefficient (Wildman–Crippen LogP) is 0.442. The first-order valence-electron chi connectivity index (χ1n) is 5.31. The van der Waals surface area contributed by atoms with Gasteiger partial charge in [0.25, 0.3) is 0 Å². The molecule has 90 valence electrons. The van der Waals surface area contributed by atoms with E-state index in [2.05, 4.69) is 5.32 Å². The van der Waals surface area contributed by atoms with Crippen LogP contribution in [0.15, 0.2) is 12.1 Å². The van der Waals surface area contributed by atoms with Crippen molar-refractivity contribution in [3.8, 4) is 5.75 Å². The Kier molecular flexibility index (Phi) is 5.25. The van der Waals surface area contributed by atoms with Crippen LogP contribution >= 0.6 is 0 Å². The molecule has 0 spiro atoms. The summed E-state index contributed by atoms with van der Waals surface area (Å²) in [6.07, 6.45) is 0.862. The van der Waals surface area contributed by atoms with E-state index in [1.54, 1.807) is 7.11 Å². The Bertz CT molecular complexity index is 314. The van der Waals surface area contributed by atoms with Crippen molar-refractivity contribution in [3.63, 3.8) is 0 Å². The first-order chi connectivity index (χ1) is 7.76. The van der Waals surface area contributed by atoms with Gasteiger partial charge < -0.3 is 20.3 Å². The third-order valence-electron chi connectivity index (χ3n) is 2.51. The summed E-state index contributed by atoms with van der Waals surface area (Å²) >= 11 is 0. The lowest BCUT2D eigenvalue weighted by Crippen LogP contribution is -2.11. The van der Waals surface area contributed by atoms with Crippen LogP contribution in [0.4, 0.5) is 0 Å². The van der Waals surface area contributed by atoms with Gasteiger partial charge in [-0.15, -0.1) is 0 Å². The summed E-state index contributed by atoms with van der Waals surface area (Å²) in [6, 6.07) is 3.82. The number of methoxy groups -OCH3 is 1. The maximum atomic E-state index is 9.24. The molecule has 0 bridgehead atoms. The molecule has 0 radical (unpaired) electrons. The van der Waals surface area contributed by atoms with Crippen LogP contribution in [0.2, 0.25) is 0 Å². The van der Waals surface area contributed by atoms with Crippen molar-refractivity contribution in [1.82, 2.24) is 5.32 Å². The second-order valence-corrected chi connectivity index (χ2v) is 3.62. The summed E-state index contributed by atoms with van der Waals surface area (Å²) in [7, 11) is 3.43. The van der Waals surface area contributed by atoms with Crippen molar-refractivity contribution in [1.29, 1.82) is 0 Å². The average molecular weight is 225 g/mol. The Morgan fingerprint density at radius 3 is 2.12 bits per heavy atom. The van der Waals surface area contributed by atoms with Crippen LogP contribution in [0, 0.1) is 0 Å². The molecule has 3 N–H and O–H groups in total. The zero-order chi connectivity index (χ0) is 12.0. The van der Waals surface area contributed by atoms with Gasteiger partial charge in [0.15, 0.2) is 0 Å². The second kappa shape index (κ2) is 6.48. The molecule has 1 aromatic carbocycles. The van der Waals surface area contributed by atoms with E-state index in [0.29, 0.717) is 5.75 Å². The smallest absolute Gasteiger partial charge is 0.129 e. The lowest BCUT2D eigenvalue weighted by Gasteiger charge is -2.13. The molecule has 4 heteroatoms. The maximum Gasteiger partial charge on any atom is 0.129 e. The molecule has 1 aromatic rings. The molecule has 0 fully saturated rings. The van der Waals surface area contributed by atoms with E-state index < -0.39 is 0 Å². The SMILES string of the molecule is CNCCc1cc(CO)c(OC)c(CO)c1. The van der Waals surface area contributed by atoms with E-state index in [0.717, 1.165) is 29.7 Å². The van der Waals surface area contributed by atoms with Crippen molar-refractivity contribution in [2.75, 3.05) is 20.7 Å². The number of likely N-dealkylation sites (N-methyl/N-ethyl adjacent to an activating group) is 1. The highest BCUT2D eigenvalue weighted by Gasteiger charge is 2.10. The summed E-state index contributed by atoms with van der Waals surface area (Å²) in [5, 5.41) is 21.5. The fourth-order valence-corrected chi connectivity index (χ4v) is 1.74. The Balaban J connectivity index is 3.05. The van der Waals surface area contributed by atoms with Gasteiger partial charge in [-0.25, -0.2) is 0 Å². The first-order valence-corrected chi connectivity index (χ1v) is 5.31. The molecule has 0 aliphatic rings. The lowest BCUT2D eigenvalue weighted by atomic mass is 10.0. The number of benzene rings is 1. The van der Waals surface area contributed by atoms with E-state index in [9.17, 15) is 10.2 Å². The third kappa shape index (κ3) is 2.95. The Morgan fingerprint density at radius 1 is 1.19 bits per heavy atom. The quantitative estimate of drug-likeness (QED) is 0.657. The summed E-state index contributed by atoms with van der Waals surface area (Å²) in [5.41, 5.74) is 2.53. The molecular weight excluding hydrogens is 206 g/mol. The van der Waals surface area contributed by atoms with E-state index in [1.165, 1.54) is 0 Å². The minimum atomic E-state index is -0.0798. The number of ether oxygens (including phenoxy) is 1. The normalized spacial score (nSPS) is 10.5. The van der Waals surface area contributed by atoms with Crippen LogP contribution in [0.5, 0.6) is 5.75 Å². The summed E-state index contributed by atoms with van der Waals surface area (Å²) in [6.45, 7) is 0.704. The number of nitrogens with one attached hydrogen (secondary N) is 1. The van der Waals surface area contributed by atoms with Gasteiger partial charge in [-0.1, -0.05) is 0 Å². The highest BCUT2D eigenvalue weighted by molar-refractivity contribution is 5.44. The maximum absolute atomic E-state index is 9.24. The highest BCUT2D eigenvalue weighted by atomic mass is 16.5. The molecule has 0 atom stereocenters. The zero-order valence-corrected chi connectivity index (χ0v) is 9.79. The van der Waals surface area contributed by atoms with Crippen molar-refractivity contribution < 1.29 is 14.9 Å². The van der Waals surface area contributed by atoms with Gasteiger partial charge in [0.05, 0.1) is 20.3 Å². The van der Waals surface area contributed by atoms with Gasteiger partial charge in [0.1, 0.15) is 5.75 Å². The number of rotatable bonds is 6. The van der Waals surface area contributed by atoms with Crippen LogP contribution in [-0.4, -0.2) is 30.9 Å². The van der Waals surface area contributed by atoms with Crippen molar-refractivity contribution >= 4 is 0 Å². The fourth-order valence-electron chi connectivity index (χ4n) is 1.74. The first kappa shape index (κ1) is 13.0. The van der Waals surface area contributed by atoms with E-state index in [1.807, 2.05) is 19.2 Å². The van der Waals surface area contributed by atoms with E-state index in [4.69, 9.17) is 4.74 Å². The molecule has 1 rings (SSSR count). The number of hydrogen-bond donors (Lipinski definition) is 3. The van der Waals surface area contributed by atoms with Crippen LogP contribution in [0.3, 0.4) is 0 Å². The third-order valence-corrected chi connectivity index (χ3v) is 2.51. The largest absolute Gasteiger partial charge is 0.496 e. The standard InChI is InChI=1S/C12H19NO3/c1-13-4-3-9-5-10(7-14)12(16-2)11(6-9)8-15/h5-6,13-15H,3-4,7-8H2,1-2H3. The average Bonchev–Trinajstić information content (AvgIpc) is 2.34. The van der Waals surface area contributed by atoms with E-state index in [-0.39, 0.29) is 13.2 Å². The Hall–Kier alpha value is -1.10. The molecule has 0 aliphatic carbocycles. The minimum Gasteiger partial charge on any atom is -0.496 e. The second-order valence-electron chi connectivity index (χ2n) is 3.62. The molecule has 0 aliphatic heterocycles. The van der Waals surface area contributed by atoms with Gasteiger partial charge in [0, 0.05) is 11.1 Å². The minimum absolute atomic E-state index is 0.0798. The topological polar surface area (TPSA) is 61.7 Å². The fraction of sp³-hybridized carbons (Fsp3) is 0.500. The van der Waals surface area contributed by atoms with Gasteiger partial charge in [-0.3, -0.25) is 0 Å². The summed E-state index contributed by atoms with van der Waals surface area (Å²) in [4.78, 5) is 0. The molecule has 0 unspecified atom stereocenters. The van der Waals surface area contributed by atoms with E-state index >= 15 is 0 Å². The van der Waals surface area contributed by atoms with Gasteiger partial charge in [0.2, 0.25) is 0 Å². The predicted molar refractivity (Wildman–Crippen MR) is 62.5 cm³/mol. The van der Waals surface area contributed by atoms with Gasteiger partial charge in [-0.2, -0.15) is 0 Å². The molecule has 0 heterocycles. The Morgan fingerprint density at radius 2 is 1.75 bits per heavy atom. The summed E-state index contributed by atoms with van der Waals surface area (Å²) in [5.74, 6) is 0.582. The van der Waals surface area contributed by atoms with Crippen LogP contribution in [0.1, 0.15) is 16.7 Å². The zero-order valence-electron chi connectivity index (χ0n) is 9.79. The number of aliphatic hydroxyl groups is 2. The molecule has 0 amide bonds. The molecule has 0 saturated heterocycles. The van der Waals surface area contributed by atoms with Crippen LogP contribution in [0.25, 0.3) is 0 Å².